The molecule has 17 heavy (non-hydrogen) atoms. The van der Waals surface area contributed by atoms with Crippen LogP contribution >= 0.6 is 0 Å². The highest BCUT2D eigenvalue weighted by Crippen LogP contribution is 2.48. The van der Waals surface area contributed by atoms with Crippen molar-refractivity contribution in [3.8, 4) is 0 Å². The Morgan fingerprint density at radius 2 is 2.29 bits per heavy atom. The topological polar surface area (TPSA) is 17.0 Å². The van der Waals surface area contributed by atoms with E-state index in [1.165, 1.54) is 37.8 Å². The molecule has 2 fully saturated rings. The smallest absolute Gasteiger partial charge is 0.0304 e. The molecular formula is C15H24N2. The predicted molar refractivity (Wildman–Crippen MR) is 70.8 cm³/mol. The van der Waals surface area contributed by atoms with Gasteiger partial charge >= 0.3 is 0 Å². The lowest BCUT2D eigenvalue weighted by molar-refractivity contribution is 0.296. The largest absolute Gasteiger partial charge is 0.354 e. The third kappa shape index (κ3) is 2.15. The second kappa shape index (κ2) is 4.49. The fourth-order valence-corrected chi connectivity index (χ4v) is 3.87. The van der Waals surface area contributed by atoms with Gasteiger partial charge in [0.15, 0.2) is 0 Å². The van der Waals surface area contributed by atoms with Crippen molar-refractivity contribution in [2.75, 3.05) is 7.05 Å². The van der Waals surface area contributed by atoms with Gasteiger partial charge in [0.05, 0.1) is 0 Å². The van der Waals surface area contributed by atoms with Crippen LogP contribution in [0.25, 0.3) is 0 Å². The van der Waals surface area contributed by atoms with Crippen LogP contribution in [0.15, 0.2) is 18.5 Å². The van der Waals surface area contributed by atoms with E-state index in [1.54, 1.807) is 0 Å². The van der Waals surface area contributed by atoms with E-state index in [4.69, 9.17) is 0 Å². The summed E-state index contributed by atoms with van der Waals surface area (Å²) < 4.78 is 2.41. The molecule has 0 amide bonds. The van der Waals surface area contributed by atoms with Gasteiger partial charge in [-0.2, -0.15) is 0 Å². The van der Waals surface area contributed by atoms with Crippen molar-refractivity contribution < 1.29 is 0 Å². The molecule has 2 nitrogen and oxygen atoms in total. The lowest BCUT2D eigenvalue weighted by Gasteiger charge is -2.22. The monoisotopic (exact) mass is 232 g/mol. The van der Waals surface area contributed by atoms with Gasteiger partial charge in [0.2, 0.25) is 0 Å². The van der Waals surface area contributed by atoms with Crippen LogP contribution in [0.1, 0.15) is 44.2 Å². The molecule has 0 saturated heterocycles. The molecule has 2 saturated carbocycles. The van der Waals surface area contributed by atoms with E-state index in [1.807, 2.05) is 7.05 Å². The number of fused-ring (bicyclic) bond motifs is 2. The lowest BCUT2D eigenvalue weighted by atomic mass is 9.89. The molecule has 1 aromatic heterocycles. The Kier molecular flexibility index (Phi) is 2.99. The molecule has 2 aliphatic carbocycles. The summed E-state index contributed by atoms with van der Waals surface area (Å²) in [7, 11) is 2.03. The highest BCUT2D eigenvalue weighted by atomic mass is 15.0. The molecule has 4 unspecified atom stereocenters. The van der Waals surface area contributed by atoms with Crippen LogP contribution in [0, 0.1) is 17.8 Å². The number of aromatic nitrogens is 1. The second-order valence-electron chi connectivity index (χ2n) is 6.09. The molecule has 0 aliphatic heterocycles. The Hall–Kier alpha value is -0.760. The summed E-state index contributed by atoms with van der Waals surface area (Å²) in [5.74, 6) is 3.06. The minimum absolute atomic E-state index is 0.469. The number of rotatable bonds is 4. The number of hydrogen-bond donors (Lipinski definition) is 1. The van der Waals surface area contributed by atoms with Crippen LogP contribution in [0.3, 0.4) is 0 Å². The second-order valence-corrected chi connectivity index (χ2v) is 6.09. The standard InChI is InChI=1S/C15H24N2/c1-11(16-2)14-5-6-17(9-14)10-15-8-12-3-4-13(15)7-12/h5-6,9,11-13,15-16H,3-4,7-8,10H2,1-2H3. The fraction of sp³-hybridized carbons (Fsp3) is 0.733. The number of hydrogen-bond acceptors (Lipinski definition) is 1. The molecule has 2 aliphatic rings. The molecule has 2 heteroatoms. The summed E-state index contributed by atoms with van der Waals surface area (Å²) in [5, 5.41) is 3.30. The molecule has 1 heterocycles. The van der Waals surface area contributed by atoms with Gasteiger partial charge in [0.1, 0.15) is 0 Å². The zero-order valence-corrected chi connectivity index (χ0v) is 11.0. The maximum atomic E-state index is 3.30. The molecule has 94 valence electrons. The van der Waals surface area contributed by atoms with Crippen molar-refractivity contribution >= 4 is 0 Å². The van der Waals surface area contributed by atoms with E-state index >= 15 is 0 Å². The molecule has 0 radical (unpaired) electrons. The van der Waals surface area contributed by atoms with Gasteiger partial charge in [-0.15, -0.1) is 0 Å². The lowest BCUT2D eigenvalue weighted by Crippen LogP contribution is -2.16. The van der Waals surface area contributed by atoms with Crippen LogP contribution in [0.4, 0.5) is 0 Å². The first-order valence-corrected chi connectivity index (χ1v) is 7.09. The van der Waals surface area contributed by atoms with Gasteiger partial charge in [0.25, 0.3) is 0 Å². The quantitative estimate of drug-likeness (QED) is 0.843. The van der Waals surface area contributed by atoms with Gasteiger partial charge in [-0.25, -0.2) is 0 Å². The van der Waals surface area contributed by atoms with Crippen molar-refractivity contribution in [2.24, 2.45) is 17.8 Å². The average Bonchev–Trinajstić information content (AvgIpc) is 3.03. The Bertz CT molecular complexity index is 382. The van der Waals surface area contributed by atoms with Crippen molar-refractivity contribution in [2.45, 2.75) is 45.2 Å². The van der Waals surface area contributed by atoms with E-state index in [-0.39, 0.29) is 0 Å². The van der Waals surface area contributed by atoms with E-state index < -0.39 is 0 Å². The fourth-order valence-electron chi connectivity index (χ4n) is 3.87. The SMILES string of the molecule is CNC(C)c1ccn(CC2CC3CCC2C3)c1. The number of nitrogens with one attached hydrogen (secondary N) is 1. The summed E-state index contributed by atoms with van der Waals surface area (Å²) in [6.45, 7) is 3.47. The van der Waals surface area contributed by atoms with Crippen LogP contribution in [-0.2, 0) is 6.54 Å². The predicted octanol–water partition coefficient (Wildman–Crippen LogP) is 3.20. The van der Waals surface area contributed by atoms with Gasteiger partial charge in [-0.1, -0.05) is 6.42 Å². The van der Waals surface area contributed by atoms with Crippen LogP contribution in [-0.4, -0.2) is 11.6 Å². The summed E-state index contributed by atoms with van der Waals surface area (Å²) in [5.41, 5.74) is 1.41. The first kappa shape index (κ1) is 11.3. The molecule has 0 spiro atoms. The van der Waals surface area contributed by atoms with Crippen molar-refractivity contribution in [1.82, 2.24) is 9.88 Å². The zero-order valence-electron chi connectivity index (χ0n) is 11.0. The van der Waals surface area contributed by atoms with Gasteiger partial charge in [-0.3, -0.25) is 0 Å². The third-order valence-corrected chi connectivity index (χ3v) is 5.04. The normalized spacial score (nSPS) is 33.2. The maximum Gasteiger partial charge on any atom is 0.0304 e. The van der Waals surface area contributed by atoms with Gasteiger partial charge < -0.3 is 9.88 Å². The average molecular weight is 232 g/mol. The van der Waals surface area contributed by atoms with Crippen LogP contribution in [0.5, 0.6) is 0 Å². The maximum absolute atomic E-state index is 3.30. The summed E-state index contributed by atoms with van der Waals surface area (Å²) in [6.07, 6.45) is 10.6. The highest BCUT2D eigenvalue weighted by molar-refractivity contribution is 5.14. The van der Waals surface area contributed by atoms with Crippen LogP contribution in [0.2, 0.25) is 0 Å². The highest BCUT2D eigenvalue weighted by Gasteiger charge is 2.39. The Morgan fingerprint density at radius 1 is 1.41 bits per heavy atom. The molecular weight excluding hydrogens is 208 g/mol. The van der Waals surface area contributed by atoms with E-state index in [0.29, 0.717) is 6.04 Å². The summed E-state index contributed by atoms with van der Waals surface area (Å²) >= 11 is 0. The van der Waals surface area contributed by atoms with E-state index in [9.17, 15) is 0 Å². The zero-order chi connectivity index (χ0) is 11.8. The van der Waals surface area contributed by atoms with Crippen LogP contribution < -0.4 is 5.32 Å². The molecule has 0 aromatic carbocycles. The first-order valence-electron chi connectivity index (χ1n) is 7.09. The van der Waals surface area contributed by atoms with Gasteiger partial charge in [-0.05, 0) is 62.6 Å². The van der Waals surface area contributed by atoms with E-state index in [0.717, 1.165) is 17.8 Å². The Morgan fingerprint density at radius 3 is 2.94 bits per heavy atom. The molecule has 2 bridgehead atoms. The number of nitrogens with zero attached hydrogens (tertiary/aromatic N) is 1. The van der Waals surface area contributed by atoms with E-state index in [2.05, 4.69) is 35.3 Å². The van der Waals surface area contributed by atoms with Crippen molar-refractivity contribution in [3.63, 3.8) is 0 Å². The van der Waals surface area contributed by atoms with Gasteiger partial charge in [0, 0.05) is 25.0 Å². The molecule has 1 N–H and O–H groups in total. The first-order chi connectivity index (χ1) is 8.26. The third-order valence-electron chi connectivity index (χ3n) is 5.04. The van der Waals surface area contributed by atoms with Crippen molar-refractivity contribution in [1.29, 1.82) is 0 Å². The Balaban J connectivity index is 1.63. The molecule has 4 atom stereocenters. The summed E-state index contributed by atoms with van der Waals surface area (Å²) in [6, 6.07) is 2.73. The molecule has 1 aromatic rings. The minimum Gasteiger partial charge on any atom is -0.354 e. The Labute approximate surface area is 104 Å². The summed E-state index contributed by atoms with van der Waals surface area (Å²) in [4.78, 5) is 0. The van der Waals surface area contributed by atoms with Crippen molar-refractivity contribution in [3.05, 3.63) is 24.0 Å². The minimum atomic E-state index is 0.469. The molecule has 3 rings (SSSR count).